The summed E-state index contributed by atoms with van der Waals surface area (Å²) < 4.78 is 7.53. The summed E-state index contributed by atoms with van der Waals surface area (Å²) >= 11 is 0. The lowest BCUT2D eigenvalue weighted by Crippen LogP contribution is -2.50. The van der Waals surface area contributed by atoms with E-state index in [1.54, 1.807) is 6.20 Å². The molecule has 8 heteroatoms. The number of nitrogens with zero attached hydrogens (tertiary/aromatic N) is 6. The molecule has 1 aliphatic rings. The first-order valence-corrected chi connectivity index (χ1v) is 9.66. The summed E-state index contributed by atoms with van der Waals surface area (Å²) in [6.07, 6.45) is 3.60. The van der Waals surface area contributed by atoms with Gasteiger partial charge in [-0.3, -0.25) is 9.36 Å². The minimum atomic E-state index is 0.00294. The zero-order chi connectivity index (χ0) is 20.2. The molecule has 0 spiro atoms. The van der Waals surface area contributed by atoms with Crippen LogP contribution in [0.1, 0.15) is 11.4 Å². The van der Waals surface area contributed by atoms with Crippen LogP contribution in [0.4, 0.5) is 5.82 Å². The van der Waals surface area contributed by atoms with Crippen molar-refractivity contribution in [3.8, 4) is 11.6 Å². The second-order valence-electron chi connectivity index (χ2n) is 7.07. The lowest BCUT2D eigenvalue weighted by atomic mass is 10.2. The van der Waals surface area contributed by atoms with Crippen molar-refractivity contribution in [1.29, 1.82) is 0 Å². The van der Waals surface area contributed by atoms with E-state index in [0.29, 0.717) is 26.2 Å². The van der Waals surface area contributed by atoms with E-state index in [9.17, 15) is 4.79 Å². The van der Waals surface area contributed by atoms with Crippen molar-refractivity contribution in [2.45, 2.75) is 13.8 Å². The van der Waals surface area contributed by atoms with Gasteiger partial charge in [-0.15, -0.1) is 10.2 Å². The fourth-order valence-electron chi connectivity index (χ4n) is 3.36. The van der Waals surface area contributed by atoms with Crippen molar-refractivity contribution in [2.24, 2.45) is 0 Å². The van der Waals surface area contributed by atoms with Gasteiger partial charge in [0.25, 0.3) is 5.91 Å². The highest BCUT2D eigenvalue weighted by molar-refractivity contribution is 5.78. The Kier molecular flexibility index (Phi) is 5.41. The largest absolute Gasteiger partial charge is 0.484 e. The fourth-order valence-corrected chi connectivity index (χ4v) is 3.36. The van der Waals surface area contributed by atoms with Crippen molar-refractivity contribution in [3.63, 3.8) is 0 Å². The SMILES string of the molecule is Cc1cccc(OCC(=O)N2CCN(c3ccc(-n4ccnc4C)nn3)CC2)c1. The smallest absolute Gasteiger partial charge is 0.260 e. The van der Waals surface area contributed by atoms with Crippen LogP contribution in [0.5, 0.6) is 5.75 Å². The maximum atomic E-state index is 12.5. The Balaban J connectivity index is 1.30. The highest BCUT2D eigenvalue weighted by Gasteiger charge is 2.22. The first-order chi connectivity index (χ1) is 14.1. The third kappa shape index (κ3) is 4.37. The first-order valence-electron chi connectivity index (χ1n) is 9.66. The number of carbonyl (C=O) groups is 1. The molecule has 1 saturated heterocycles. The average molecular weight is 392 g/mol. The average Bonchev–Trinajstić information content (AvgIpc) is 3.18. The van der Waals surface area contributed by atoms with E-state index in [4.69, 9.17) is 4.74 Å². The summed E-state index contributed by atoms with van der Waals surface area (Å²) in [5.41, 5.74) is 1.11. The molecule has 3 heterocycles. The number of amides is 1. The number of benzene rings is 1. The number of carbonyl (C=O) groups excluding carboxylic acids is 1. The fraction of sp³-hybridized carbons (Fsp3) is 0.333. The molecule has 150 valence electrons. The molecule has 0 aliphatic carbocycles. The van der Waals surface area contributed by atoms with Crippen LogP contribution in [0.15, 0.2) is 48.8 Å². The van der Waals surface area contributed by atoms with Crippen LogP contribution in [0.3, 0.4) is 0 Å². The summed E-state index contributed by atoms with van der Waals surface area (Å²) in [7, 11) is 0. The van der Waals surface area contributed by atoms with Crippen LogP contribution < -0.4 is 9.64 Å². The number of hydrogen-bond donors (Lipinski definition) is 0. The Hall–Kier alpha value is -3.42. The van der Waals surface area contributed by atoms with Gasteiger partial charge in [0, 0.05) is 38.6 Å². The standard InChI is InChI=1S/C21H24N6O2/c1-16-4-3-5-18(14-16)29-15-21(28)26-12-10-25(11-13-26)19-6-7-20(24-23-19)27-9-8-22-17(27)2/h3-9,14H,10-13,15H2,1-2H3. The minimum Gasteiger partial charge on any atom is -0.484 e. The number of piperazine rings is 1. The van der Waals surface area contributed by atoms with E-state index in [1.165, 1.54) is 0 Å². The van der Waals surface area contributed by atoms with Crippen molar-refractivity contribution in [3.05, 3.63) is 60.2 Å². The monoisotopic (exact) mass is 392 g/mol. The first kappa shape index (κ1) is 18.9. The third-order valence-electron chi connectivity index (χ3n) is 5.02. The van der Waals surface area contributed by atoms with Gasteiger partial charge in [-0.25, -0.2) is 4.98 Å². The molecule has 1 aromatic carbocycles. The molecule has 0 saturated carbocycles. The van der Waals surface area contributed by atoms with E-state index in [-0.39, 0.29) is 12.5 Å². The van der Waals surface area contributed by atoms with Crippen LogP contribution in [0.25, 0.3) is 5.82 Å². The molecule has 1 fully saturated rings. The zero-order valence-electron chi connectivity index (χ0n) is 16.7. The van der Waals surface area contributed by atoms with Gasteiger partial charge in [-0.1, -0.05) is 12.1 Å². The molecule has 0 unspecified atom stereocenters. The van der Waals surface area contributed by atoms with Gasteiger partial charge in [0.05, 0.1) is 0 Å². The van der Waals surface area contributed by atoms with E-state index in [1.807, 2.05) is 65.9 Å². The maximum Gasteiger partial charge on any atom is 0.260 e. The second kappa shape index (κ2) is 8.30. The predicted molar refractivity (Wildman–Crippen MR) is 109 cm³/mol. The normalized spacial score (nSPS) is 14.1. The van der Waals surface area contributed by atoms with Gasteiger partial charge in [0.2, 0.25) is 0 Å². The number of anilines is 1. The van der Waals surface area contributed by atoms with E-state index in [2.05, 4.69) is 20.1 Å². The van der Waals surface area contributed by atoms with Crippen LogP contribution in [0.2, 0.25) is 0 Å². The molecule has 3 aromatic rings. The second-order valence-corrected chi connectivity index (χ2v) is 7.07. The molecule has 1 aliphatic heterocycles. The number of ether oxygens (including phenoxy) is 1. The van der Waals surface area contributed by atoms with Crippen LogP contribution in [0, 0.1) is 13.8 Å². The molecule has 0 atom stereocenters. The highest BCUT2D eigenvalue weighted by Crippen LogP contribution is 2.16. The summed E-state index contributed by atoms with van der Waals surface area (Å²) in [6, 6.07) is 11.6. The van der Waals surface area contributed by atoms with Crippen LogP contribution in [-0.4, -0.2) is 63.3 Å². The van der Waals surface area contributed by atoms with Gasteiger partial charge in [-0.2, -0.15) is 0 Å². The lowest BCUT2D eigenvalue weighted by Gasteiger charge is -2.35. The van der Waals surface area contributed by atoms with Gasteiger partial charge in [0.15, 0.2) is 18.2 Å². The molecular weight excluding hydrogens is 368 g/mol. The van der Waals surface area contributed by atoms with Crippen LogP contribution in [-0.2, 0) is 4.79 Å². The Morgan fingerprint density at radius 1 is 1.03 bits per heavy atom. The minimum absolute atomic E-state index is 0.00294. The molecule has 1 amide bonds. The molecule has 29 heavy (non-hydrogen) atoms. The van der Waals surface area contributed by atoms with E-state index >= 15 is 0 Å². The molecular formula is C21H24N6O2. The number of hydrogen-bond acceptors (Lipinski definition) is 6. The zero-order valence-corrected chi connectivity index (χ0v) is 16.7. The van der Waals surface area contributed by atoms with Crippen molar-refractivity contribution in [1.82, 2.24) is 24.6 Å². The predicted octanol–water partition coefficient (Wildman–Crippen LogP) is 2.01. The Bertz CT molecular complexity index is 977. The quantitative estimate of drug-likeness (QED) is 0.661. The maximum absolute atomic E-state index is 12.5. The third-order valence-corrected chi connectivity index (χ3v) is 5.02. The van der Waals surface area contributed by atoms with Crippen molar-refractivity contribution in [2.75, 3.05) is 37.7 Å². The summed E-state index contributed by atoms with van der Waals surface area (Å²) in [5, 5.41) is 8.66. The Labute approximate surface area is 169 Å². The summed E-state index contributed by atoms with van der Waals surface area (Å²) in [6.45, 7) is 6.69. The highest BCUT2D eigenvalue weighted by atomic mass is 16.5. The van der Waals surface area contributed by atoms with E-state index < -0.39 is 0 Å². The number of aromatic nitrogens is 4. The van der Waals surface area contributed by atoms with Gasteiger partial charge >= 0.3 is 0 Å². The van der Waals surface area contributed by atoms with Gasteiger partial charge in [0.1, 0.15) is 11.6 Å². The molecule has 8 nitrogen and oxygen atoms in total. The Morgan fingerprint density at radius 3 is 2.45 bits per heavy atom. The lowest BCUT2D eigenvalue weighted by molar-refractivity contribution is -0.133. The number of aryl methyl sites for hydroxylation is 2. The molecule has 0 N–H and O–H groups in total. The van der Waals surface area contributed by atoms with E-state index in [0.717, 1.165) is 28.8 Å². The molecule has 4 rings (SSSR count). The summed E-state index contributed by atoms with van der Waals surface area (Å²) in [4.78, 5) is 20.6. The van der Waals surface area contributed by atoms with Gasteiger partial charge < -0.3 is 14.5 Å². The van der Waals surface area contributed by atoms with Crippen molar-refractivity contribution >= 4 is 11.7 Å². The summed E-state index contributed by atoms with van der Waals surface area (Å²) in [5.74, 6) is 3.15. The number of rotatable bonds is 5. The topological polar surface area (TPSA) is 76.4 Å². The molecule has 0 bridgehead atoms. The van der Waals surface area contributed by atoms with Gasteiger partial charge in [-0.05, 0) is 43.7 Å². The molecule has 0 radical (unpaired) electrons. The van der Waals surface area contributed by atoms with Crippen molar-refractivity contribution < 1.29 is 9.53 Å². The number of imidazole rings is 1. The molecule has 2 aromatic heterocycles. The van der Waals surface area contributed by atoms with Crippen LogP contribution >= 0.6 is 0 Å². The Morgan fingerprint density at radius 2 is 1.79 bits per heavy atom.